The lowest BCUT2D eigenvalue weighted by molar-refractivity contribution is 0.804. The Balaban J connectivity index is 2.89. The fraction of sp³-hybridized carbons (Fsp3) is 0.333. The molecule has 0 bridgehead atoms. The first kappa shape index (κ1) is 6.95. The van der Waals surface area contributed by atoms with E-state index in [0.717, 1.165) is 5.56 Å². The van der Waals surface area contributed by atoms with E-state index in [9.17, 15) is 0 Å². The zero-order chi connectivity index (χ0) is 7.56. The lowest BCUT2D eigenvalue weighted by atomic mass is 10.2. The molecule has 1 aromatic rings. The maximum Gasteiger partial charge on any atom is 0.219 e. The Labute approximate surface area is 59.3 Å². The van der Waals surface area contributed by atoms with Gasteiger partial charge in [0.2, 0.25) is 5.95 Å². The minimum absolute atomic E-state index is 0.0272. The van der Waals surface area contributed by atoms with Crippen LogP contribution in [-0.4, -0.2) is 9.97 Å². The van der Waals surface area contributed by atoms with Crippen LogP contribution in [0.2, 0.25) is 0 Å². The summed E-state index contributed by atoms with van der Waals surface area (Å²) >= 11 is 0. The Morgan fingerprint density at radius 3 is 2.30 bits per heavy atom. The van der Waals surface area contributed by atoms with Gasteiger partial charge in [0, 0.05) is 24.0 Å². The van der Waals surface area contributed by atoms with E-state index in [1.807, 2.05) is 6.92 Å². The monoisotopic (exact) mass is 138 g/mol. The lowest BCUT2D eigenvalue weighted by Gasteiger charge is -2.02. The molecule has 0 saturated heterocycles. The average Bonchev–Trinajstić information content (AvgIpc) is 1.88. The van der Waals surface area contributed by atoms with Gasteiger partial charge in [0.15, 0.2) is 0 Å². The van der Waals surface area contributed by atoms with Crippen molar-refractivity contribution in [2.75, 3.05) is 5.73 Å². The number of nitrogens with zero attached hydrogens (tertiary/aromatic N) is 2. The van der Waals surface area contributed by atoms with E-state index in [1.54, 1.807) is 12.4 Å². The number of rotatable bonds is 1. The minimum Gasteiger partial charge on any atom is -0.368 e. The Hall–Kier alpha value is -1.16. The van der Waals surface area contributed by atoms with Gasteiger partial charge in [-0.05, 0) is 6.92 Å². The molecule has 0 aliphatic carbocycles. The van der Waals surface area contributed by atoms with Gasteiger partial charge in [-0.25, -0.2) is 9.97 Å². The maximum absolute atomic E-state index is 5.54. The summed E-state index contributed by atoms with van der Waals surface area (Å²) in [5, 5.41) is 0. The Kier molecular flexibility index (Phi) is 1.82. The maximum atomic E-state index is 5.54. The molecule has 0 radical (unpaired) electrons. The van der Waals surface area contributed by atoms with Crippen LogP contribution in [0.4, 0.5) is 5.95 Å². The molecule has 0 aliphatic heterocycles. The van der Waals surface area contributed by atoms with E-state index >= 15 is 0 Å². The van der Waals surface area contributed by atoms with Crippen molar-refractivity contribution in [3.05, 3.63) is 18.0 Å². The largest absolute Gasteiger partial charge is 0.368 e. The number of aromatic nitrogens is 2. The van der Waals surface area contributed by atoms with Crippen LogP contribution < -0.4 is 11.5 Å². The summed E-state index contributed by atoms with van der Waals surface area (Å²) in [6.45, 7) is 1.87. The van der Waals surface area contributed by atoms with E-state index < -0.39 is 0 Å². The molecule has 0 aromatic carbocycles. The topological polar surface area (TPSA) is 77.8 Å². The predicted octanol–water partition coefficient (Wildman–Crippen LogP) is 0.0785. The van der Waals surface area contributed by atoms with Crippen molar-refractivity contribution in [3.8, 4) is 0 Å². The SMILES string of the molecule is C[C@H](N)c1cnc(N)nc1. The zero-order valence-electron chi connectivity index (χ0n) is 5.78. The third-order valence-corrected chi connectivity index (χ3v) is 1.22. The van der Waals surface area contributed by atoms with Crippen molar-refractivity contribution in [1.29, 1.82) is 0 Å². The first-order chi connectivity index (χ1) is 4.70. The van der Waals surface area contributed by atoms with Gasteiger partial charge in [0.25, 0.3) is 0 Å². The van der Waals surface area contributed by atoms with Crippen LogP contribution in [-0.2, 0) is 0 Å². The Bertz CT molecular complexity index is 203. The molecular weight excluding hydrogens is 128 g/mol. The highest BCUT2D eigenvalue weighted by Crippen LogP contribution is 2.05. The summed E-state index contributed by atoms with van der Waals surface area (Å²) in [5.41, 5.74) is 11.7. The highest BCUT2D eigenvalue weighted by atomic mass is 15.0. The normalized spacial score (nSPS) is 13.0. The van der Waals surface area contributed by atoms with Crippen molar-refractivity contribution < 1.29 is 0 Å². The molecule has 1 atom stereocenters. The van der Waals surface area contributed by atoms with Gasteiger partial charge >= 0.3 is 0 Å². The molecule has 1 heterocycles. The second-order valence-electron chi connectivity index (χ2n) is 2.16. The summed E-state index contributed by atoms with van der Waals surface area (Å²) < 4.78 is 0. The number of nitrogen functional groups attached to an aromatic ring is 1. The van der Waals surface area contributed by atoms with Gasteiger partial charge in [-0.1, -0.05) is 0 Å². The molecule has 0 fully saturated rings. The fourth-order valence-electron chi connectivity index (χ4n) is 0.583. The van der Waals surface area contributed by atoms with Gasteiger partial charge in [-0.2, -0.15) is 0 Å². The molecule has 0 aliphatic rings. The number of nitrogens with two attached hydrogens (primary N) is 2. The minimum atomic E-state index is -0.0272. The molecule has 54 valence electrons. The molecule has 0 spiro atoms. The Morgan fingerprint density at radius 1 is 1.40 bits per heavy atom. The van der Waals surface area contributed by atoms with Crippen LogP contribution in [0.15, 0.2) is 12.4 Å². The molecule has 1 rings (SSSR count). The molecule has 10 heavy (non-hydrogen) atoms. The molecule has 4 nitrogen and oxygen atoms in total. The summed E-state index contributed by atoms with van der Waals surface area (Å²) in [7, 11) is 0. The van der Waals surface area contributed by atoms with Crippen LogP contribution in [0.5, 0.6) is 0 Å². The average molecular weight is 138 g/mol. The third kappa shape index (κ3) is 1.41. The van der Waals surface area contributed by atoms with Crippen LogP contribution in [0.3, 0.4) is 0 Å². The quantitative estimate of drug-likeness (QED) is 0.576. The molecular formula is C6H10N4. The zero-order valence-corrected chi connectivity index (χ0v) is 5.78. The molecule has 1 aromatic heterocycles. The van der Waals surface area contributed by atoms with Crippen LogP contribution in [0.1, 0.15) is 18.5 Å². The van der Waals surface area contributed by atoms with Gasteiger partial charge in [0.05, 0.1) is 0 Å². The van der Waals surface area contributed by atoms with E-state index in [-0.39, 0.29) is 12.0 Å². The summed E-state index contributed by atoms with van der Waals surface area (Å²) in [6, 6.07) is -0.0272. The number of anilines is 1. The van der Waals surface area contributed by atoms with Crippen molar-refractivity contribution in [2.24, 2.45) is 5.73 Å². The van der Waals surface area contributed by atoms with Gasteiger partial charge in [-0.3, -0.25) is 0 Å². The molecule has 0 unspecified atom stereocenters. The van der Waals surface area contributed by atoms with Gasteiger partial charge in [0.1, 0.15) is 0 Å². The molecule has 4 N–H and O–H groups in total. The third-order valence-electron chi connectivity index (χ3n) is 1.22. The molecule has 0 amide bonds. The first-order valence-corrected chi connectivity index (χ1v) is 3.03. The van der Waals surface area contributed by atoms with Crippen molar-refractivity contribution >= 4 is 5.95 Å². The highest BCUT2D eigenvalue weighted by Gasteiger charge is 1.98. The summed E-state index contributed by atoms with van der Waals surface area (Å²) in [5.74, 6) is 0.282. The summed E-state index contributed by atoms with van der Waals surface area (Å²) in [6.07, 6.45) is 3.26. The van der Waals surface area contributed by atoms with Gasteiger partial charge < -0.3 is 11.5 Å². The van der Waals surface area contributed by atoms with Crippen LogP contribution in [0, 0.1) is 0 Å². The first-order valence-electron chi connectivity index (χ1n) is 3.03. The number of hydrogen-bond donors (Lipinski definition) is 2. The second-order valence-corrected chi connectivity index (χ2v) is 2.16. The lowest BCUT2D eigenvalue weighted by Crippen LogP contribution is -2.06. The van der Waals surface area contributed by atoms with E-state index in [1.165, 1.54) is 0 Å². The molecule has 0 saturated carbocycles. The Morgan fingerprint density at radius 2 is 1.90 bits per heavy atom. The van der Waals surface area contributed by atoms with Gasteiger partial charge in [-0.15, -0.1) is 0 Å². The fourth-order valence-corrected chi connectivity index (χ4v) is 0.583. The second kappa shape index (κ2) is 2.62. The standard InChI is InChI=1S/C6H10N4/c1-4(7)5-2-9-6(8)10-3-5/h2-4H,7H2,1H3,(H2,8,9,10)/t4-/m0/s1. The number of hydrogen-bond acceptors (Lipinski definition) is 4. The summed E-state index contributed by atoms with van der Waals surface area (Å²) in [4.78, 5) is 7.57. The van der Waals surface area contributed by atoms with Crippen LogP contribution in [0.25, 0.3) is 0 Å². The van der Waals surface area contributed by atoms with E-state index in [2.05, 4.69) is 9.97 Å². The van der Waals surface area contributed by atoms with Crippen molar-refractivity contribution in [3.63, 3.8) is 0 Å². The van der Waals surface area contributed by atoms with Crippen molar-refractivity contribution in [2.45, 2.75) is 13.0 Å². The van der Waals surface area contributed by atoms with Crippen molar-refractivity contribution in [1.82, 2.24) is 9.97 Å². The van der Waals surface area contributed by atoms with Crippen LogP contribution >= 0.6 is 0 Å². The van der Waals surface area contributed by atoms with E-state index in [4.69, 9.17) is 11.5 Å². The predicted molar refractivity (Wildman–Crippen MR) is 39.0 cm³/mol. The molecule has 4 heteroatoms. The van der Waals surface area contributed by atoms with E-state index in [0.29, 0.717) is 0 Å². The highest BCUT2D eigenvalue weighted by molar-refractivity contribution is 5.18. The smallest absolute Gasteiger partial charge is 0.219 e.